The summed E-state index contributed by atoms with van der Waals surface area (Å²) in [5.41, 5.74) is 0.907. The molecule has 1 amide bonds. The van der Waals surface area contributed by atoms with E-state index in [4.69, 9.17) is 0 Å². The molecule has 0 aliphatic heterocycles. The molecular weight excluding hydrogens is 340 g/mol. The number of benzene rings is 1. The van der Waals surface area contributed by atoms with Crippen molar-refractivity contribution >= 4 is 38.1 Å². The van der Waals surface area contributed by atoms with Gasteiger partial charge in [0.2, 0.25) is 0 Å². The highest BCUT2D eigenvalue weighted by molar-refractivity contribution is 7.83. The molecule has 1 aromatic heterocycles. The van der Waals surface area contributed by atoms with Crippen molar-refractivity contribution in [3.05, 3.63) is 34.7 Å². The summed E-state index contributed by atoms with van der Waals surface area (Å²) in [4.78, 5) is 15.7. The summed E-state index contributed by atoms with van der Waals surface area (Å²) in [7, 11) is -0.982. The monoisotopic (exact) mass is 366 g/mol. The highest BCUT2D eigenvalue weighted by Gasteiger charge is 2.20. The van der Waals surface area contributed by atoms with Crippen LogP contribution in [-0.4, -0.2) is 46.9 Å². The van der Waals surface area contributed by atoms with Crippen LogP contribution >= 0.6 is 11.3 Å². The van der Waals surface area contributed by atoms with Gasteiger partial charge in [0.05, 0.1) is 10.6 Å². The van der Waals surface area contributed by atoms with Crippen LogP contribution in [0, 0.1) is 0 Å². The zero-order valence-electron chi connectivity index (χ0n) is 14.8. The number of thiophene rings is 1. The predicted molar refractivity (Wildman–Crippen MR) is 104 cm³/mol. The first kappa shape index (κ1) is 19.1. The molecule has 0 bridgehead atoms. The van der Waals surface area contributed by atoms with E-state index in [0.29, 0.717) is 23.2 Å². The Kier molecular flexibility index (Phi) is 6.95. The van der Waals surface area contributed by atoms with E-state index in [9.17, 15) is 9.00 Å². The van der Waals surface area contributed by atoms with Gasteiger partial charge in [-0.3, -0.25) is 13.9 Å². The number of carbonyl (C=O) groups is 1. The average molecular weight is 367 g/mol. The molecule has 1 aromatic carbocycles. The van der Waals surface area contributed by atoms with E-state index >= 15 is 0 Å². The number of nitrogens with zero attached hydrogens (tertiary/aromatic N) is 1. The number of amides is 1. The van der Waals surface area contributed by atoms with E-state index in [0.717, 1.165) is 28.7 Å². The molecule has 0 unspecified atom stereocenters. The molecule has 4 nitrogen and oxygen atoms in total. The molecule has 2 atom stereocenters. The second kappa shape index (κ2) is 8.74. The first-order valence-corrected chi connectivity index (χ1v) is 10.8. The third-order valence-electron chi connectivity index (χ3n) is 4.25. The van der Waals surface area contributed by atoms with Gasteiger partial charge in [0, 0.05) is 34.3 Å². The highest BCUT2D eigenvalue weighted by atomic mass is 32.2. The van der Waals surface area contributed by atoms with Crippen LogP contribution in [0.2, 0.25) is 0 Å². The molecule has 2 rings (SSSR count). The SMILES string of the molecule is CCN(CC)[C@H](C)CNC(=O)c1sc2ccccc2c1C[S@@](C)=O. The first-order valence-electron chi connectivity index (χ1n) is 8.30. The van der Waals surface area contributed by atoms with Gasteiger partial charge in [-0.15, -0.1) is 11.3 Å². The third kappa shape index (κ3) is 4.43. The third-order valence-corrected chi connectivity index (χ3v) is 6.15. The average Bonchev–Trinajstić information content (AvgIpc) is 2.92. The van der Waals surface area contributed by atoms with Gasteiger partial charge in [0.25, 0.3) is 5.91 Å². The van der Waals surface area contributed by atoms with Gasteiger partial charge >= 0.3 is 0 Å². The van der Waals surface area contributed by atoms with E-state index in [-0.39, 0.29) is 5.91 Å². The minimum Gasteiger partial charge on any atom is -0.350 e. The molecule has 0 radical (unpaired) electrons. The van der Waals surface area contributed by atoms with Crippen molar-refractivity contribution in [2.75, 3.05) is 25.9 Å². The number of fused-ring (bicyclic) bond motifs is 1. The maximum atomic E-state index is 12.7. The van der Waals surface area contributed by atoms with E-state index in [1.54, 1.807) is 6.26 Å². The molecule has 0 saturated carbocycles. The number of hydrogen-bond donors (Lipinski definition) is 1. The van der Waals surface area contributed by atoms with E-state index in [1.165, 1.54) is 11.3 Å². The smallest absolute Gasteiger partial charge is 0.261 e. The topological polar surface area (TPSA) is 49.4 Å². The van der Waals surface area contributed by atoms with Crippen LogP contribution in [0.3, 0.4) is 0 Å². The summed E-state index contributed by atoms with van der Waals surface area (Å²) in [5.74, 6) is 0.355. The fourth-order valence-electron chi connectivity index (χ4n) is 2.93. The summed E-state index contributed by atoms with van der Waals surface area (Å²) in [6.45, 7) is 8.93. The maximum Gasteiger partial charge on any atom is 0.261 e. The van der Waals surface area contributed by atoms with Gasteiger partial charge in [-0.1, -0.05) is 32.0 Å². The lowest BCUT2D eigenvalue weighted by molar-refractivity contribution is 0.0941. The van der Waals surface area contributed by atoms with Crippen LogP contribution in [0.1, 0.15) is 36.0 Å². The summed E-state index contributed by atoms with van der Waals surface area (Å²) < 4.78 is 12.8. The fourth-order valence-corrected chi connectivity index (χ4v) is 4.86. The minimum absolute atomic E-state index is 0.0596. The molecule has 24 heavy (non-hydrogen) atoms. The summed E-state index contributed by atoms with van der Waals surface area (Å²) in [6.07, 6.45) is 1.68. The van der Waals surface area contributed by atoms with Crippen LogP contribution in [-0.2, 0) is 16.6 Å². The van der Waals surface area contributed by atoms with Gasteiger partial charge in [-0.05, 0) is 37.0 Å². The van der Waals surface area contributed by atoms with Gasteiger partial charge in [0.1, 0.15) is 0 Å². The van der Waals surface area contributed by atoms with Crippen molar-refractivity contribution in [2.45, 2.75) is 32.6 Å². The normalized spacial score (nSPS) is 14.0. The Hall–Kier alpha value is -1.24. The standard InChI is InChI=1S/C18H26N2O2S2/c1-5-20(6-2)13(3)11-19-18(21)17-15(12-24(4)22)14-9-7-8-10-16(14)23-17/h7-10,13H,5-6,11-12H2,1-4H3,(H,19,21)/t13-,24-/m1/s1. The highest BCUT2D eigenvalue weighted by Crippen LogP contribution is 2.32. The predicted octanol–water partition coefficient (Wildman–Crippen LogP) is 3.24. The minimum atomic E-state index is -0.982. The van der Waals surface area contributed by atoms with Crippen LogP contribution in [0.15, 0.2) is 24.3 Å². The fraction of sp³-hybridized carbons (Fsp3) is 0.500. The Morgan fingerprint density at radius 3 is 2.58 bits per heavy atom. The number of hydrogen-bond acceptors (Lipinski definition) is 4. The second-order valence-electron chi connectivity index (χ2n) is 5.90. The van der Waals surface area contributed by atoms with E-state index in [2.05, 4.69) is 31.0 Å². The molecule has 0 fully saturated rings. The molecular formula is C18H26N2O2S2. The largest absolute Gasteiger partial charge is 0.350 e. The number of likely N-dealkylation sites (N-methyl/N-ethyl adjacent to an activating group) is 1. The number of nitrogens with one attached hydrogen (secondary N) is 1. The molecule has 0 aliphatic carbocycles. The van der Waals surface area contributed by atoms with Gasteiger partial charge in [0.15, 0.2) is 0 Å². The molecule has 0 spiro atoms. The van der Waals surface area contributed by atoms with Crippen LogP contribution in [0.4, 0.5) is 0 Å². The Morgan fingerprint density at radius 2 is 1.96 bits per heavy atom. The number of rotatable bonds is 8. The molecule has 1 heterocycles. The number of carbonyl (C=O) groups excluding carboxylic acids is 1. The van der Waals surface area contributed by atoms with E-state index < -0.39 is 10.8 Å². The lowest BCUT2D eigenvalue weighted by atomic mass is 10.1. The van der Waals surface area contributed by atoms with Crippen molar-refractivity contribution in [3.63, 3.8) is 0 Å². The Bertz CT molecular complexity index is 723. The summed E-state index contributed by atoms with van der Waals surface area (Å²) >= 11 is 1.49. The quantitative estimate of drug-likeness (QED) is 0.780. The van der Waals surface area contributed by atoms with Crippen molar-refractivity contribution in [3.8, 4) is 0 Å². The molecule has 0 saturated heterocycles. The first-order chi connectivity index (χ1) is 11.5. The molecule has 132 valence electrons. The molecule has 2 aromatic rings. The van der Waals surface area contributed by atoms with Crippen molar-refractivity contribution in [1.82, 2.24) is 10.2 Å². The lowest BCUT2D eigenvalue weighted by Crippen LogP contribution is -2.42. The van der Waals surface area contributed by atoms with Crippen molar-refractivity contribution in [2.24, 2.45) is 0 Å². The van der Waals surface area contributed by atoms with Gasteiger partial charge in [-0.25, -0.2) is 0 Å². The molecule has 0 aliphatic rings. The van der Waals surface area contributed by atoms with Crippen LogP contribution in [0.5, 0.6) is 0 Å². The lowest BCUT2D eigenvalue weighted by Gasteiger charge is -2.26. The van der Waals surface area contributed by atoms with Crippen LogP contribution < -0.4 is 5.32 Å². The molecule has 6 heteroatoms. The summed E-state index contributed by atoms with van der Waals surface area (Å²) in [5, 5.41) is 4.09. The summed E-state index contributed by atoms with van der Waals surface area (Å²) in [6, 6.07) is 8.24. The van der Waals surface area contributed by atoms with Gasteiger partial charge < -0.3 is 5.32 Å². The zero-order chi connectivity index (χ0) is 17.7. The Labute approximate surface area is 150 Å². The van der Waals surface area contributed by atoms with Gasteiger partial charge in [-0.2, -0.15) is 0 Å². The molecule has 1 N–H and O–H groups in total. The maximum absolute atomic E-state index is 12.7. The Morgan fingerprint density at radius 1 is 1.29 bits per heavy atom. The van der Waals surface area contributed by atoms with Crippen LogP contribution in [0.25, 0.3) is 10.1 Å². The van der Waals surface area contributed by atoms with E-state index in [1.807, 2.05) is 24.3 Å². The van der Waals surface area contributed by atoms with Crippen molar-refractivity contribution < 1.29 is 9.00 Å². The second-order valence-corrected chi connectivity index (χ2v) is 8.39. The van der Waals surface area contributed by atoms with Crippen molar-refractivity contribution in [1.29, 1.82) is 0 Å². The zero-order valence-corrected chi connectivity index (χ0v) is 16.4. The Balaban J connectivity index is 2.21.